The highest BCUT2D eigenvalue weighted by molar-refractivity contribution is 8.00. The third-order valence-corrected chi connectivity index (χ3v) is 9.39. The van der Waals surface area contributed by atoms with Crippen LogP contribution in [-0.2, 0) is 9.59 Å². The van der Waals surface area contributed by atoms with E-state index >= 15 is 0 Å². The zero-order chi connectivity index (χ0) is 36.3. The van der Waals surface area contributed by atoms with Gasteiger partial charge in [-0.1, -0.05) is 77.8 Å². The number of thioether (sulfide) groups is 1. The van der Waals surface area contributed by atoms with Crippen LogP contribution < -0.4 is 30.2 Å². The van der Waals surface area contributed by atoms with Crippen LogP contribution in [0.2, 0.25) is 10.0 Å². The molecule has 0 radical (unpaired) electrons. The molecule has 12 heteroatoms. The van der Waals surface area contributed by atoms with Gasteiger partial charge in [0.25, 0.3) is 11.8 Å². The van der Waals surface area contributed by atoms with Gasteiger partial charge in [0, 0.05) is 21.8 Å². The molecule has 5 aromatic rings. The lowest BCUT2D eigenvalue weighted by Crippen LogP contribution is -2.30. The maximum absolute atomic E-state index is 13.9. The first-order chi connectivity index (χ1) is 24.7. The van der Waals surface area contributed by atoms with E-state index in [4.69, 9.17) is 37.4 Å². The van der Waals surface area contributed by atoms with Crippen molar-refractivity contribution in [1.29, 1.82) is 0 Å². The Labute approximate surface area is 309 Å². The van der Waals surface area contributed by atoms with Crippen molar-refractivity contribution in [3.05, 3.63) is 148 Å². The molecule has 0 heterocycles. The summed E-state index contributed by atoms with van der Waals surface area (Å²) >= 11 is 13.5. The molecular formula is C39H33Cl2N3O6S. The minimum absolute atomic E-state index is 0.0423. The Balaban J connectivity index is 1.43. The van der Waals surface area contributed by atoms with Gasteiger partial charge < -0.3 is 30.2 Å². The summed E-state index contributed by atoms with van der Waals surface area (Å²) in [4.78, 5) is 41.4. The van der Waals surface area contributed by atoms with Gasteiger partial charge >= 0.3 is 0 Å². The molecule has 5 aromatic carbocycles. The lowest BCUT2D eigenvalue weighted by Gasteiger charge is -2.18. The minimum atomic E-state index is -0.660. The van der Waals surface area contributed by atoms with E-state index in [0.717, 1.165) is 5.56 Å². The number of anilines is 2. The van der Waals surface area contributed by atoms with Gasteiger partial charge in [-0.15, -0.1) is 11.8 Å². The van der Waals surface area contributed by atoms with Crippen LogP contribution in [0.5, 0.6) is 17.2 Å². The van der Waals surface area contributed by atoms with Gasteiger partial charge in [-0.2, -0.15) is 0 Å². The third kappa shape index (κ3) is 9.64. The second-order valence-electron chi connectivity index (χ2n) is 10.8. The maximum atomic E-state index is 13.9. The number of amides is 3. The molecule has 0 aliphatic carbocycles. The summed E-state index contributed by atoms with van der Waals surface area (Å²) < 4.78 is 16.4. The molecule has 9 nitrogen and oxygen atoms in total. The van der Waals surface area contributed by atoms with Crippen molar-refractivity contribution >= 4 is 70.1 Å². The number of nitrogens with one attached hydrogen (secondary N) is 3. The van der Waals surface area contributed by atoms with Crippen LogP contribution in [0.25, 0.3) is 6.08 Å². The Kier molecular flexibility index (Phi) is 12.6. The predicted octanol–water partition coefficient (Wildman–Crippen LogP) is 8.90. The number of rotatable bonds is 13. The molecule has 0 saturated heterocycles. The largest absolute Gasteiger partial charge is 0.493 e. The molecule has 3 amide bonds. The van der Waals surface area contributed by atoms with E-state index in [9.17, 15) is 14.4 Å². The molecule has 1 unspecified atom stereocenters. The lowest BCUT2D eigenvalue weighted by atomic mass is 10.1. The van der Waals surface area contributed by atoms with Gasteiger partial charge in [-0.3, -0.25) is 14.4 Å². The highest BCUT2D eigenvalue weighted by Gasteiger charge is 2.23. The third-order valence-electron chi connectivity index (χ3n) is 7.40. The van der Waals surface area contributed by atoms with Gasteiger partial charge in [0.15, 0.2) is 11.5 Å². The highest BCUT2D eigenvalue weighted by atomic mass is 35.5. The standard InChI is InChI=1S/C39H33Cl2N3O6S/c1-48-33-20-24(21-34(49-2)35(33)50-3)19-32(44-37(45)26-13-8-5-9-14-26)38(46)42-27-15-10-16-29(22-27)51-36(25-11-6-4-7-12-25)39(47)43-28-17-18-30(40)31(41)23-28/h4-23,36H,1-3H3,(H,42,46)(H,43,47)(H,44,45)/b32-19+. The van der Waals surface area contributed by atoms with Crippen LogP contribution in [0.15, 0.2) is 126 Å². The van der Waals surface area contributed by atoms with Crippen molar-refractivity contribution in [3.63, 3.8) is 0 Å². The molecule has 260 valence electrons. The number of hydrogen-bond acceptors (Lipinski definition) is 7. The van der Waals surface area contributed by atoms with Crippen LogP contribution in [0.1, 0.15) is 26.7 Å². The molecular weight excluding hydrogens is 709 g/mol. The van der Waals surface area contributed by atoms with Crippen LogP contribution >= 0.6 is 35.0 Å². The first-order valence-electron chi connectivity index (χ1n) is 15.5. The second kappa shape index (κ2) is 17.5. The van der Waals surface area contributed by atoms with Crippen molar-refractivity contribution < 1.29 is 28.6 Å². The van der Waals surface area contributed by atoms with Crippen molar-refractivity contribution in [1.82, 2.24) is 5.32 Å². The topological polar surface area (TPSA) is 115 Å². The molecule has 0 fully saturated rings. The highest BCUT2D eigenvalue weighted by Crippen LogP contribution is 2.39. The summed E-state index contributed by atoms with van der Waals surface area (Å²) in [6.45, 7) is 0. The zero-order valence-corrected chi connectivity index (χ0v) is 30.1. The molecule has 0 aliphatic rings. The summed E-state index contributed by atoms with van der Waals surface area (Å²) in [6, 6.07) is 33.1. The van der Waals surface area contributed by atoms with Crippen LogP contribution in [-0.4, -0.2) is 39.1 Å². The maximum Gasteiger partial charge on any atom is 0.272 e. The van der Waals surface area contributed by atoms with E-state index < -0.39 is 17.1 Å². The number of methoxy groups -OCH3 is 3. The van der Waals surface area contributed by atoms with Gasteiger partial charge in [0.1, 0.15) is 10.9 Å². The van der Waals surface area contributed by atoms with E-state index in [1.165, 1.54) is 39.2 Å². The van der Waals surface area contributed by atoms with Crippen LogP contribution in [0.4, 0.5) is 11.4 Å². The average molecular weight is 743 g/mol. The molecule has 51 heavy (non-hydrogen) atoms. The average Bonchev–Trinajstić information content (AvgIpc) is 3.15. The van der Waals surface area contributed by atoms with Crippen molar-refractivity contribution in [2.45, 2.75) is 10.1 Å². The number of benzene rings is 5. The van der Waals surface area contributed by atoms with Gasteiger partial charge in [0.2, 0.25) is 11.7 Å². The van der Waals surface area contributed by atoms with E-state index in [2.05, 4.69) is 16.0 Å². The Morgan fingerprint density at radius 2 is 1.33 bits per heavy atom. The zero-order valence-electron chi connectivity index (χ0n) is 27.7. The quantitative estimate of drug-likeness (QED) is 0.0816. The Hall–Kier alpha value is -5.42. The van der Waals surface area contributed by atoms with Crippen molar-refractivity contribution in [2.24, 2.45) is 0 Å². The molecule has 3 N–H and O–H groups in total. The molecule has 0 aromatic heterocycles. The second-order valence-corrected chi connectivity index (χ2v) is 12.8. The summed E-state index contributed by atoms with van der Waals surface area (Å²) in [7, 11) is 4.46. The summed E-state index contributed by atoms with van der Waals surface area (Å²) in [5, 5.41) is 8.58. The van der Waals surface area contributed by atoms with Crippen LogP contribution in [0.3, 0.4) is 0 Å². The van der Waals surface area contributed by atoms with Crippen molar-refractivity contribution in [2.75, 3.05) is 32.0 Å². The summed E-state index contributed by atoms with van der Waals surface area (Å²) in [6.07, 6.45) is 1.51. The first-order valence-corrected chi connectivity index (χ1v) is 17.1. The van der Waals surface area contributed by atoms with Gasteiger partial charge in [0.05, 0.1) is 31.4 Å². The Bertz CT molecular complexity index is 2040. The normalized spacial score (nSPS) is 11.6. The van der Waals surface area contributed by atoms with E-state index in [-0.39, 0.29) is 11.6 Å². The first kappa shape index (κ1) is 36.9. The molecule has 0 saturated carbocycles. The van der Waals surface area contributed by atoms with Crippen molar-refractivity contribution in [3.8, 4) is 17.2 Å². The predicted molar refractivity (Wildman–Crippen MR) is 203 cm³/mol. The van der Waals surface area contributed by atoms with Gasteiger partial charge in [-0.25, -0.2) is 0 Å². The molecule has 0 spiro atoms. The number of halogens is 2. The van der Waals surface area contributed by atoms with Crippen LogP contribution in [0, 0.1) is 0 Å². The Morgan fingerprint density at radius 1 is 0.686 bits per heavy atom. The van der Waals surface area contributed by atoms with E-state index in [0.29, 0.717) is 54.7 Å². The summed E-state index contributed by atoms with van der Waals surface area (Å²) in [5.41, 5.74) is 2.54. The van der Waals surface area contributed by atoms with E-state index in [1.54, 1.807) is 78.9 Å². The monoisotopic (exact) mass is 741 g/mol. The fraction of sp³-hybridized carbons (Fsp3) is 0.103. The molecule has 5 rings (SSSR count). The number of carbonyl (C=O) groups excluding carboxylic acids is 3. The summed E-state index contributed by atoms with van der Waals surface area (Å²) in [5.74, 6) is -0.223. The fourth-order valence-corrected chi connectivity index (χ4v) is 6.34. The number of hydrogen-bond donors (Lipinski definition) is 3. The lowest BCUT2D eigenvalue weighted by molar-refractivity contribution is -0.116. The molecule has 0 aliphatic heterocycles. The molecule has 0 bridgehead atoms. The minimum Gasteiger partial charge on any atom is -0.493 e. The van der Waals surface area contributed by atoms with Gasteiger partial charge in [-0.05, 0) is 77.9 Å². The Morgan fingerprint density at radius 3 is 1.96 bits per heavy atom. The smallest absolute Gasteiger partial charge is 0.272 e. The number of carbonyl (C=O) groups is 3. The number of ether oxygens (including phenoxy) is 3. The van der Waals surface area contributed by atoms with E-state index in [1.807, 2.05) is 36.4 Å². The molecule has 1 atom stereocenters. The SMILES string of the molecule is COc1cc(/C=C(/NC(=O)c2ccccc2)C(=O)Nc2cccc(SC(C(=O)Nc3ccc(Cl)c(Cl)c3)c3ccccc3)c2)cc(OC)c1OC. The fourth-order valence-electron chi connectivity index (χ4n) is 4.96.